The van der Waals surface area contributed by atoms with Gasteiger partial charge in [0.15, 0.2) is 5.16 Å². The quantitative estimate of drug-likeness (QED) is 0.638. The Labute approximate surface area is 99.1 Å². The molecule has 0 amide bonds. The molecule has 3 nitrogen and oxygen atoms in total. The van der Waals surface area contributed by atoms with Crippen LogP contribution in [0.3, 0.4) is 0 Å². The second kappa shape index (κ2) is 4.53. The summed E-state index contributed by atoms with van der Waals surface area (Å²) < 4.78 is 0. The van der Waals surface area contributed by atoms with Crippen LogP contribution in [0.4, 0.5) is 5.69 Å². The van der Waals surface area contributed by atoms with Crippen molar-refractivity contribution in [2.24, 2.45) is 0 Å². The Hall–Kier alpha value is -1.55. The summed E-state index contributed by atoms with van der Waals surface area (Å²) in [7, 11) is 0. The lowest BCUT2D eigenvalue weighted by atomic mass is 10.2. The van der Waals surface area contributed by atoms with Gasteiger partial charge in [0, 0.05) is 22.5 Å². The Morgan fingerprint density at radius 2 is 2.00 bits per heavy atom. The van der Waals surface area contributed by atoms with E-state index in [1.54, 1.807) is 6.20 Å². The lowest BCUT2D eigenvalue weighted by Gasteiger charge is -2.07. The zero-order valence-electron chi connectivity index (χ0n) is 9.27. The number of benzene rings is 1. The molecule has 0 aliphatic carbocycles. The van der Waals surface area contributed by atoms with Gasteiger partial charge in [0.05, 0.1) is 0 Å². The third kappa shape index (κ3) is 2.33. The van der Waals surface area contributed by atoms with Crippen molar-refractivity contribution in [1.82, 2.24) is 9.97 Å². The minimum absolute atomic E-state index is 0.737. The molecule has 0 aliphatic rings. The van der Waals surface area contributed by atoms with E-state index < -0.39 is 0 Å². The number of nitrogen functional groups attached to an aromatic ring is 1. The van der Waals surface area contributed by atoms with E-state index in [1.807, 2.05) is 38.1 Å². The Morgan fingerprint density at radius 3 is 2.69 bits per heavy atom. The van der Waals surface area contributed by atoms with Crippen molar-refractivity contribution >= 4 is 17.4 Å². The highest BCUT2D eigenvalue weighted by atomic mass is 32.2. The summed E-state index contributed by atoms with van der Waals surface area (Å²) in [5, 5.41) is 0.737. The molecule has 0 radical (unpaired) electrons. The molecule has 1 aromatic carbocycles. The predicted octanol–water partition coefficient (Wildman–Crippen LogP) is 2.83. The number of hydrogen-bond acceptors (Lipinski definition) is 4. The maximum absolute atomic E-state index is 5.93. The van der Waals surface area contributed by atoms with Crippen LogP contribution in [0, 0.1) is 13.8 Å². The minimum Gasteiger partial charge on any atom is -0.398 e. The summed E-state index contributed by atoms with van der Waals surface area (Å²) in [6.07, 6.45) is 1.76. The Morgan fingerprint density at radius 1 is 1.19 bits per heavy atom. The van der Waals surface area contributed by atoms with Gasteiger partial charge in [-0.25, -0.2) is 9.97 Å². The average Bonchev–Trinajstić information content (AvgIpc) is 2.24. The number of anilines is 1. The van der Waals surface area contributed by atoms with E-state index in [9.17, 15) is 0 Å². The highest BCUT2D eigenvalue weighted by Crippen LogP contribution is 2.32. The van der Waals surface area contributed by atoms with E-state index in [-0.39, 0.29) is 0 Å². The summed E-state index contributed by atoms with van der Waals surface area (Å²) in [5.74, 6) is 0. The first kappa shape index (κ1) is 11.0. The number of aryl methyl sites for hydroxylation is 2. The molecule has 0 aliphatic heterocycles. The fraction of sp³-hybridized carbons (Fsp3) is 0.167. The number of nitrogens with zero attached hydrogens (tertiary/aromatic N) is 2. The molecule has 0 saturated heterocycles. The first-order valence-electron chi connectivity index (χ1n) is 4.99. The van der Waals surface area contributed by atoms with Crippen molar-refractivity contribution < 1.29 is 0 Å². The van der Waals surface area contributed by atoms with Gasteiger partial charge in [0.1, 0.15) is 0 Å². The van der Waals surface area contributed by atoms with Crippen LogP contribution in [0.5, 0.6) is 0 Å². The molecule has 4 heteroatoms. The predicted molar refractivity (Wildman–Crippen MR) is 66.5 cm³/mol. The second-order valence-corrected chi connectivity index (χ2v) is 4.55. The molecule has 1 aromatic heterocycles. The Balaban J connectivity index is 2.34. The highest BCUT2D eigenvalue weighted by Gasteiger charge is 2.06. The van der Waals surface area contributed by atoms with Crippen molar-refractivity contribution in [3.8, 4) is 0 Å². The van der Waals surface area contributed by atoms with Crippen molar-refractivity contribution in [1.29, 1.82) is 0 Å². The van der Waals surface area contributed by atoms with E-state index in [2.05, 4.69) is 9.97 Å². The van der Waals surface area contributed by atoms with E-state index in [4.69, 9.17) is 5.73 Å². The van der Waals surface area contributed by atoms with Crippen molar-refractivity contribution in [2.75, 3.05) is 5.73 Å². The van der Waals surface area contributed by atoms with Gasteiger partial charge in [-0.05, 0) is 43.3 Å². The molecule has 0 saturated carbocycles. The molecule has 0 spiro atoms. The molecule has 82 valence electrons. The van der Waals surface area contributed by atoms with Crippen LogP contribution in [0.25, 0.3) is 0 Å². The Bertz CT molecular complexity index is 491. The summed E-state index contributed by atoms with van der Waals surface area (Å²) in [5.41, 5.74) is 8.82. The highest BCUT2D eigenvalue weighted by molar-refractivity contribution is 7.99. The van der Waals surface area contributed by atoms with E-state index in [0.29, 0.717) is 0 Å². The van der Waals surface area contributed by atoms with Gasteiger partial charge in [-0.2, -0.15) is 0 Å². The molecule has 0 fully saturated rings. The van der Waals surface area contributed by atoms with E-state index >= 15 is 0 Å². The molecule has 0 unspecified atom stereocenters. The van der Waals surface area contributed by atoms with Crippen LogP contribution in [-0.2, 0) is 0 Å². The standard InChI is InChI=1S/C12H13N3S/c1-8-4-3-5-10(13)11(8)16-12-14-7-6-9(2)15-12/h3-7H,13H2,1-2H3. The topological polar surface area (TPSA) is 51.8 Å². The third-order valence-electron chi connectivity index (χ3n) is 2.21. The van der Waals surface area contributed by atoms with Crippen molar-refractivity contribution in [3.05, 3.63) is 41.7 Å². The SMILES string of the molecule is Cc1ccnc(Sc2c(C)cccc2N)n1. The van der Waals surface area contributed by atoms with Crippen molar-refractivity contribution in [2.45, 2.75) is 23.9 Å². The molecular weight excluding hydrogens is 218 g/mol. The number of nitrogens with two attached hydrogens (primary N) is 1. The molecule has 2 rings (SSSR count). The van der Waals surface area contributed by atoms with Crippen LogP contribution in [-0.4, -0.2) is 9.97 Å². The monoisotopic (exact) mass is 231 g/mol. The van der Waals surface area contributed by atoms with E-state index in [1.165, 1.54) is 11.8 Å². The normalized spacial score (nSPS) is 10.4. The van der Waals surface area contributed by atoms with Gasteiger partial charge in [0.25, 0.3) is 0 Å². The number of rotatable bonds is 2. The molecule has 2 aromatic rings. The molecule has 1 heterocycles. The maximum Gasteiger partial charge on any atom is 0.192 e. The van der Waals surface area contributed by atoms with Crippen LogP contribution in [0.1, 0.15) is 11.3 Å². The zero-order chi connectivity index (χ0) is 11.5. The fourth-order valence-electron chi connectivity index (χ4n) is 1.38. The summed E-state index contributed by atoms with van der Waals surface area (Å²) >= 11 is 1.51. The van der Waals surface area contributed by atoms with Gasteiger partial charge in [-0.1, -0.05) is 12.1 Å². The maximum atomic E-state index is 5.93. The van der Waals surface area contributed by atoms with Crippen molar-refractivity contribution in [3.63, 3.8) is 0 Å². The average molecular weight is 231 g/mol. The zero-order valence-corrected chi connectivity index (χ0v) is 10.1. The lowest BCUT2D eigenvalue weighted by molar-refractivity contribution is 0.931. The van der Waals surface area contributed by atoms with Gasteiger partial charge in [-0.15, -0.1) is 0 Å². The largest absolute Gasteiger partial charge is 0.398 e. The number of hydrogen-bond donors (Lipinski definition) is 1. The molecule has 2 N–H and O–H groups in total. The van der Waals surface area contributed by atoms with Crippen LogP contribution < -0.4 is 5.73 Å². The molecule has 0 atom stereocenters. The Kier molecular flexibility index (Phi) is 3.10. The van der Waals surface area contributed by atoms with Gasteiger partial charge >= 0.3 is 0 Å². The molecule has 0 bridgehead atoms. The summed E-state index contributed by atoms with van der Waals surface area (Å²) in [4.78, 5) is 9.60. The van der Waals surface area contributed by atoms with Gasteiger partial charge in [0.2, 0.25) is 0 Å². The number of aromatic nitrogens is 2. The van der Waals surface area contributed by atoms with Gasteiger partial charge < -0.3 is 5.73 Å². The minimum atomic E-state index is 0.737. The third-order valence-corrected chi connectivity index (χ3v) is 3.35. The van der Waals surface area contributed by atoms with Crippen LogP contribution >= 0.6 is 11.8 Å². The molecule has 16 heavy (non-hydrogen) atoms. The van der Waals surface area contributed by atoms with Crippen LogP contribution in [0.2, 0.25) is 0 Å². The lowest BCUT2D eigenvalue weighted by Crippen LogP contribution is -1.93. The first-order valence-corrected chi connectivity index (χ1v) is 5.81. The second-order valence-electron chi connectivity index (χ2n) is 3.58. The van der Waals surface area contributed by atoms with Crippen LogP contribution in [0.15, 0.2) is 40.5 Å². The first-order chi connectivity index (χ1) is 7.66. The van der Waals surface area contributed by atoms with Gasteiger partial charge in [-0.3, -0.25) is 0 Å². The summed E-state index contributed by atoms with van der Waals surface area (Å²) in [6.45, 7) is 3.99. The summed E-state index contributed by atoms with van der Waals surface area (Å²) in [6, 6.07) is 7.76. The fourth-order valence-corrected chi connectivity index (χ4v) is 2.28. The smallest absolute Gasteiger partial charge is 0.192 e. The van der Waals surface area contributed by atoms with E-state index in [0.717, 1.165) is 27.0 Å². The molecular formula is C12H13N3S.